The van der Waals surface area contributed by atoms with Gasteiger partial charge in [-0.2, -0.15) is 0 Å². The number of aliphatic hydroxyl groups excluding tert-OH is 4. The molecule has 1 heterocycles. The number of hydrogen-bond donors (Lipinski definition) is 7. The van der Waals surface area contributed by atoms with Gasteiger partial charge in [0.15, 0.2) is 5.78 Å². The van der Waals surface area contributed by atoms with E-state index in [-0.39, 0.29) is 17.0 Å². The van der Waals surface area contributed by atoms with Crippen LogP contribution in [-0.4, -0.2) is 80.6 Å². The zero-order chi connectivity index (χ0) is 20.3. The highest BCUT2D eigenvalue weighted by molar-refractivity contribution is 6.03. The molecule has 11 nitrogen and oxygen atoms in total. The topological polar surface area (TPSA) is 206 Å². The standard InChI is InChI=1S/C16H22N2O9/c17-7(15(24)25)4-8(20)6-2-1-3-9(11(6)18)26-16-14(23)13(22)12(21)10(5-19)27-16/h1-3,7,10,12-14,16,19,21-23H,4-5,17-18H2,(H,24,25)/t7-,10+,12+,13-,14+,16+/m0/s1. The van der Waals surface area contributed by atoms with Gasteiger partial charge in [-0.3, -0.25) is 9.59 Å². The van der Waals surface area contributed by atoms with Crippen LogP contribution < -0.4 is 16.2 Å². The molecule has 11 heteroatoms. The van der Waals surface area contributed by atoms with Gasteiger partial charge in [-0.1, -0.05) is 6.07 Å². The third kappa shape index (κ3) is 4.53. The second kappa shape index (κ2) is 8.61. The Morgan fingerprint density at radius 2 is 1.85 bits per heavy atom. The van der Waals surface area contributed by atoms with E-state index in [0.29, 0.717) is 0 Å². The van der Waals surface area contributed by atoms with E-state index < -0.39 is 61.5 Å². The number of hydrogen-bond acceptors (Lipinski definition) is 10. The Hall–Kier alpha value is -2.28. The molecule has 1 fully saturated rings. The zero-order valence-electron chi connectivity index (χ0n) is 14.1. The van der Waals surface area contributed by atoms with Gasteiger partial charge in [0, 0.05) is 12.0 Å². The average Bonchev–Trinajstić information content (AvgIpc) is 2.63. The Balaban J connectivity index is 2.20. The van der Waals surface area contributed by atoms with Gasteiger partial charge in [-0.15, -0.1) is 0 Å². The summed E-state index contributed by atoms with van der Waals surface area (Å²) in [6, 6.07) is 2.73. The first-order chi connectivity index (χ1) is 12.7. The van der Waals surface area contributed by atoms with E-state index in [1.807, 2.05) is 0 Å². The molecule has 1 aliphatic heterocycles. The lowest BCUT2D eigenvalue weighted by molar-refractivity contribution is -0.277. The van der Waals surface area contributed by atoms with Crippen LogP contribution >= 0.6 is 0 Å². The van der Waals surface area contributed by atoms with Gasteiger partial charge < -0.3 is 46.5 Å². The Labute approximate surface area is 153 Å². The maximum absolute atomic E-state index is 12.2. The van der Waals surface area contributed by atoms with Gasteiger partial charge in [0.2, 0.25) is 6.29 Å². The summed E-state index contributed by atoms with van der Waals surface area (Å²) < 4.78 is 10.6. The lowest BCUT2D eigenvalue weighted by Gasteiger charge is -2.39. The van der Waals surface area contributed by atoms with Gasteiger partial charge >= 0.3 is 5.97 Å². The maximum Gasteiger partial charge on any atom is 0.320 e. The minimum Gasteiger partial charge on any atom is -0.480 e. The van der Waals surface area contributed by atoms with Crippen molar-refractivity contribution in [3.63, 3.8) is 0 Å². The van der Waals surface area contributed by atoms with Crippen molar-refractivity contribution in [3.8, 4) is 5.75 Å². The molecule has 0 unspecified atom stereocenters. The average molecular weight is 386 g/mol. The van der Waals surface area contributed by atoms with Gasteiger partial charge in [-0.25, -0.2) is 0 Å². The molecule has 0 amide bonds. The minimum atomic E-state index is -1.65. The number of carbonyl (C=O) groups is 2. The summed E-state index contributed by atoms with van der Waals surface area (Å²) in [7, 11) is 0. The summed E-state index contributed by atoms with van der Waals surface area (Å²) in [5.41, 5.74) is 11.1. The molecule has 9 N–H and O–H groups in total. The van der Waals surface area contributed by atoms with Crippen LogP contribution in [0.25, 0.3) is 0 Å². The van der Waals surface area contributed by atoms with E-state index in [1.165, 1.54) is 18.2 Å². The van der Waals surface area contributed by atoms with Crippen LogP contribution in [0.4, 0.5) is 5.69 Å². The fraction of sp³-hybridized carbons (Fsp3) is 0.500. The molecule has 150 valence electrons. The van der Waals surface area contributed by atoms with Crippen LogP contribution in [0.5, 0.6) is 5.75 Å². The smallest absolute Gasteiger partial charge is 0.320 e. The van der Waals surface area contributed by atoms with Gasteiger partial charge in [0.05, 0.1) is 12.3 Å². The molecule has 6 atom stereocenters. The normalized spacial score (nSPS) is 29.1. The molecule has 0 aliphatic carbocycles. The summed E-state index contributed by atoms with van der Waals surface area (Å²) >= 11 is 0. The number of carbonyl (C=O) groups excluding carboxylic acids is 1. The van der Waals surface area contributed by atoms with Crippen LogP contribution in [0.15, 0.2) is 18.2 Å². The van der Waals surface area contributed by atoms with Gasteiger partial charge in [-0.05, 0) is 12.1 Å². The number of para-hydroxylation sites is 1. The monoisotopic (exact) mass is 386 g/mol. The van der Waals surface area contributed by atoms with Crippen LogP contribution in [0.3, 0.4) is 0 Å². The molecule has 0 saturated carbocycles. The second-order valence-corrected chi connectivity index (χ2v) is 6.10. The van der Waals surface area contributed by atoms with Crippen LogP contribution in [0.2, 0.25) is 0 Å². The van der Waals surface area contributed by atoms with Crippen molar-refractivity contribution < 1.29 is 44.6 Å². The zero-order valence-corrected chi connectivity index (χ0v) is 14.1. The number of aliphatic hydroxyl groups is 4. The molecule has 27 heavy (non-hydrogen) atoms. The van der Waals surface area contributed by atoms with Crippen LogP contribution in [0, 0.1) is 0 Å². The molecule has 1 aliphatic rings. The number of aliphatic carboxylic acids is 1. The van der Waals surface area contributed by atoms with E-state index in [1.54, 1.807) is 0 Å². The second-order valence-electron chi connectivity index (χ2n) is 6.10. The third-order valence-corrected chi connectivity index (χ3v) is 4.18. The van der Waals surface area contributed by atoms with E-state index in [2.05, 4.69) is 0 Å². The SMILES string of the molecule is Nc1c(O[C@@H]2O[C@H](CO)[C@@H](O)[C@H](O)[C@H]2O)cccc1C(=O)C[C@H](N)C(=O)O. The molecule has 1 aromatic carbocycles. The molecule has 0 bridgehead atoms. The number of Topliss-reactive ketones (excluding diaryl/α,β-unsaturated/α-hetero) is 1. The number of carboxylic acids is 1. The number of carboxylic acid groups (broad SMARTS) is 1. The lowest BCUT2D eigenvalue weighted by atomic mass is 9.99. The number of rotatable bonds is 7. The van der Waals surface area contributed by atoms with E-state index in [0.717, 1.165) is 0 Å². The fourth-order valence-corrected chi connectivity index (χ4v) is 2.58. The van der Waals surface area contributed by atoms with Crippen molar-refractivity contribution in [3.05, 3.63) is 23.8 Å². The Kier molecular flexibility index (Phi) is 6.70. The molecular weight excluding hydrogens is 364 g/mol. The third-order valence-electron chi connectivity index (χ3n) is 4.18. The molecule has 0 spiro atoms. The summed E-state index contributed by atoms with van der Waals surface area (Å²) in [6.07, 6.45) is -7.97. The van der Waals surface area contributed by atoms with Crippen molar-refractivity contribution in [2.75, 3.05) is 12.3 Å². The van der Waals surface area contributed by atoms with E-state index >= 15 is 0 Å². The number of benzene rings is 1. The molecule has 2 rings (SSSR count). The molecule has 0 aromatic heterocycles. The van der Waals surface area contributed by atoms with Crippen molar-refractivity contribution >= 4 is 17.4 Å². The summed E-state index contributed by atoms with van der Waals surface area (Å²) in [6.45, 7) is -0.633. The molecular formula is C16H22N2O9. The van der Waals surface area contributed by atoms with E-state index in [4.69, 9.17) is 26.0 Å². The van der Waals surface area contributed by atoms with Crippen molar-refractivity contribution in [2.45, 2.75) is 43.2 Å². The van der Waals surface area contributed by atoms with Gasteiger partial charge in [0.1, 0.15) is 36.2 Å². The van der Waals surface area contributed by atoms with Crippen LogP contribution in [0.1, 0.15) is 16.8 Å². The number of ketones is 1. The number of ether oxygens (including phenoxy) is 2. The summed E-state index contributed by atoms with van der Waals surface area (Å²) in [5, 5.41) is 47.5. The van der Waals surface area contributed by atoms with Gasteiger partial charge in [0.25, 0.3) is 0 Å². The molecule has 1 aromatic rings. The summed E-state index contributed by atoms with van der Waals surface area (Å²) in [4.78, 5) is 23.0. The van der Waals surface area contributed by atoms with Crippen molar-refractivity contribution in [1.82, 2.24) is 0 Å². The highest BCUT2D eigenvalue weighted by Crippen LogP contribution is 2.30. The quantitative estimate of drug-likeness (QED) is 0.191. The number of anilines is 1. The first kappa shape index (κ1) is 21.0. The first-order valence-corrected chi connectivity index (χ1v) is 8.04. The summed E-state index contributed by atoms with van der Waals surface area (Å²) in [5.74, 6) is -2.04. The highest BCUT2D eigenvalue weighted by atomic mass is 16.7. The highest BCUT2D eigenvalue weighted by Gasteiger charge is 2.44. The minimum absolute atomic E-state index is 0.0335. The Morgan fingerprint density at radius 3 is 2.44 bits per heavy atom. The largest absolute Gasteiger partial charge is 0.480 e. The molecule has 0 radical (unpaired) electrons. The molecule has 1 saturated heterocycles. The first-order valence-electron chi connectivity index (χ1n) is 8.04. The predicted molar refractivity (Wildman–Crippen MR) is 89.8 cm³/mol. The number of nitrogen functional groups attached to an aromatic ring is 1. The van der Waals surface area contributed by atoms with Crippen molar-refractivity contribution in [1.29, 1.82) is 0 Å². The fourth-order valence-electron chi connectivity index (χ4n) is 2.58. The Morgan fingerprint density at radius 1 is 1.19 bits per heavy atom. The maximum atomic E-state index is 12.2. The van der Waals surface area contributed by atoms with Crippen LogP contribution in [-0.2, 0) is 9.53 Å². The van der Waals surface area contributed by atoms with E-state index in [9.17, 15) is 30.0 Å². The lowest BCUT2D eigenvalue weighted by Crippen LogP contribution is -2.60. The number of nitrogens with two attached hydrogens (primary N) is 2. The predicted octanol–water partition coefficient (Wildman–Crippen LogP) is -2.57. The Bertz CT molecular complexity index is 696. The van der Waals surface area contributed by atoms with Crippen molar-refractivity contribution in [2.24, 2.45) is 5.73 Å².